The maximum Gasteiger partial charge on any atom is 0.317 e. The molecule has 148 valence electrons. The lowest BCUT2D eigenvalue weighted by atomic mass is 9.79. The molecule has 5 nitrogen and oxygen atoms in total. The molecule has 0 spiro atoms. The SMILES string of the molecule is COc1ccc(C)cc1NC(=O)COC(=O)C1(c2ccc(Cl)cc2)CCCC1. The molecule has 0 aromatic heterocycles. The van der Waals surface area contributed by atoms with Crippen molar-refractivity contribution in [3.05, 3.63) is 58.6 Å². The van der Waals surface area contributed by atoms with Gasteiger partial charge < -0.3 is 14.8 Å². The lowest BCUT2D eigenvalue weighted by Gasteiger charge is -2.27. The van der Waals surface area contributed by atoms with E-state index >= 15 is 0 Å². The first kappa shape index (κ1) is 20.2. The highest BCUT2D eigenvalue weighted by Gasteiger charge is 2.44. The van der Waals surface area contributed by atoms with Crippen LogP contribution in [0.1, 0.15) is 36.8 Å². The summed E-state index contributed by atoms with van der Waals surface area (Å²) in [5, 5.41) is 3.37. The Balaban J connectivity index is 1.67. The zero-order chi connectivity index (χ0) is 20.1. The van der Waals surface area contributed by atoms with Crippen LogP contribution in [0.5, 0.6) is 5.75 Å². The largest absolute Gasteiger partial charge is 0.495 e. The number of benzene rings is 2. The molecule has 1 N–H and O–H groups in total. The van der Waals surface area contributed by atoms with Gasteiger partial charge in [0.2, 0.25) is 0 Å². The summed E-state index contributed by atoms with van der Waals surface area (Å²) in [4.78, 5) is 25.3. The van der Waals surface area contributed by atoms with E-state index in [1.165, 1.54) is 7.11 Å². The molecule has 0 unspecified atom stereocenters. The van der Waals surface area contributed by atoms with Crippen molar-refractivity contribution in [2.45, 2.75) is 38.0 Å². The maximum atomic E-state index is 12.9. The number of carbonyl (C=O) groups is 2. The molecule has 6 heteroatoms. The topological polar surface area (TPSA) is 64.6 Å². The number of methoxy groups -OCH3 is 1. The average Bonchev–Trinajstić information content (AvgIpc) is 3.18. The number of hydrogen-bond donors (Lipinski definition) is 1. The molecule has 0 bridgehead atoms. The Labute approximate surface area is 170 Å². The summed E-state index contributed by atoms with van der Waals surface area (Å²) in [6.07, 6.45) is 3.32. The molecule has 0 heterocycles. The lowest BCUT2D eigenvalue weighted by Crippen LogP contribution is -2.36. The Morgan fingerprint density at radius 1 is 1.11 bits per heavy atom. The number of carbonyl (C=O) groups excluding carboxylic acids is 2. The molecule has 0 saturated heterocycles. The van der Waals surface area contributed by atoms with Gasteiger partial charge in [-0.2, -0.15) is 0 Å². The summed E-state index contributed by atoms with van der Waals surface area (Å²) >= 11 is 5.98. The van der Waals surface area contributed by atoms with Gasteiger partial charge in [-0.3, -0.25) is 9.59 Å². The van der Waals surface area contributed by atoms with Gasteiger partial charge in [0.05, 0.1) is 18.2 Å². The molecule has 3 rings (SSSR count). The van der Waals surface area contributed by atoms with Crippen LogP contribution in [-0.2, 0) is 19.7 Å². The Hall–Kier alpha value is -2.53. The molecule has 2 aromatic rings. The molecule has 0 atom stereocenters. The predicted octanol–water partition coefficient (Wildman–Crippen LogP) is 4.65. The highest BCUT2D eigenvalue weighted by atomic mass is 35.5. The summed E-state index contributed by atoms with van der Waals surface area (Å²) in [6, 6.07) is 12.8. The highest BCUT2D eigenvalue weighted by Crippen LogP contribution is 2.42. The van der Waals surface area contributed by atoms with E-state index in [4.69, 9.17) is 21.1 Å². The van der Waals surface area contributed by atoms with Gasteiger partial charge in [0.1, 0.15) is 5.75 Å². The first-order valence-corrected chi connectivity index (χ1v) is 9.70. The summed E-state index contributed by atoms with van der Waals surface area (Å²) in [6.45, 7) is 1.58. The molecule has 1 aliphatic carbocycles. The van der Waals surface area contributed by atoms with Crippen LogP contribution in [-0.4, -0.2) is 25.6 Å². The molecule has 1 aliphatic rings. The fraction of sp³-hybridized carbons (Fsp3) is 0.364. The van der Waals surface area contributed by atoms with E-state index < -0.39 is 11.3 Å². The van der Waals surface area contributed by atoms with E-state index in [0.717, 1.165) is 24.0 Å². The molecule has 1 fully saturated rings. The van der Waals surface area contributed by atoms with Crippen molar-refractivity contribution >= 4 is 29.2 Å². The predicted molar refractivity (Wildman–Crippen MR) is 109 cm³/mol. The third-order valence-corrected chi connectivity index (χ3v) is 5.46. The zero-order valence-corrected chi connectivity index (χ0v) is 16.8. The number of nitrogens with one attached hydrogen (secondary N) is 1. The van der Waals surface area contributed by atoms with Crippen LogP contribution in [0, 0.1) is 6.92 Å². The van der Waals surface area contributed by atoms with E-state index in [2.05, 4.69) is 5.32 Å². The van der Waals surface area contributed by atoms with Crippen molar-refractivity contribution in [1.29, 1.82) is 0 Å². The quantitative estimate of drug-likeness (QED) is 0.715. The van der Waals surface area contributed by atoms with Gasteiger partial charge >= 0.3 is 5.97 Å². The molecule has 1 saturated carbocycles. The summed E-state index contributed by atoms with van der Waals surface area (Å²) in [5.41, 5.74) is 1.73. The van der Waals surface area contributed by atoms with E-state index in [1.54, 1.807) is 18.2 Å². The number of aryl methyl sites for hydroxylation is 1. The number of halogens is 1. The van der Waals surface area contributed by atoms with Gasteiger partial charge in [-0.05, 0) is 55.2 Å². The maximum absolute atomic E-state index is 12.9. The Morgan fingerprint density at radius 3 is 2.43 bits per heavy atom. The van der Waals surface area contributed by atoms with E-state index in [0.29, 0.717) is 29.3 Å². The van der Waals surface area contributed by atoms with Crippen molar-refractivity contribution in [2.75, 3.05) is 19.0 Å². The lowest BCUT2D eigenvalue weighted by molar-refractivity contribution is -0.153. The number of hydrogen-bond acceptors (Lipinski definition) is 4. The first-order valence-electron chi connectivity index (χ1n) is 9.32. The van der Waals surface area contributed by atoms with E-state index in [-0.39, 0.29) is 12.6 Å². The number of ether oxygens (including phenoxy) is 2. The minimum absolute atomic E-state index is 0.342. The summed E-state index contributed by atoms with van der Waals surface area (Å²) < 4.78 is 10.7. The van der Waals surface area contributed by atoms with Crippen LogP contribution in [0.4, 0.5) is 5.69 Å². The minimum Gasteiger partial charge on any atom is -0.495 e. The number of amides is 1. The molecule has 28 heavy (non-hydrogen) atoms. The molecule has 2 aromatic carbocycles. The zero-order valence-electron chi connectivity index (χ0n) is 16.1. The Kier molecular flexibility index (Phi) is 6.25. The van der Waals surface area contributed by atoms with Crippen LogP contribution in [0.25, 0.3) is 0 Å². The summed E-state index contributed by atoms with van der Waals surface area (Å²) in [7, 11) is 1.54. The molecule has 0 aliphatic heterocycles. The van der Waals surface area contributed by atoms with Crippen molar-refractivity contribution in [2.24, 2.45) is 0 Å². The fourth-order valence-electron chi connectivity index (χ4n) is 3.73. The third kappa shape index (κ3) is 4.30. The standard InChI is InChI=1S/C22H24ClNO4/c1-15-5-10-19(27-2)18(13-15)24-20(25)14-28-21(26)22(11-3-4-12-22)16-6-8-17(23)9-7-16/h5-10,13H,3-4,11-12,14H2,1-2H3,(H,24,25). The second-order valence-electron chi connectivity index (χ2n) is 7.12. The van der Waals surface area contributed by atoms with E-state index in [1.807, 2.05) is 31.2 Å². The third-order valence-electron chi connectivity index (χ3n) is 5.21. The molecular formula is C22H24ClNO4. The highest BCUT2D eigenvalue weighted by molar-refractivity contribution is 6.30. The van der Waals surface area contributed by atoms with Crippen LogP contribution in [0.3, 0.4) is 0 Å². The summed E-state index contributed by atoms with van der Waals surface area (Å²) in [5.74, 6) is -0.209. The first-order chi connectivity index (χ1) is 13.4. The van der Waals surface area contributed by atoms with Gasteiger partial charge in [0.15, 0.2) is 6.61 Å². The Morgan fingerprint density at radius 2 is 1.79 bits per heavy atom. The van der Waals surface area contributed by atoms with Crippen LogP contribution in [0.2, 0.25) is 5.02 Å². The van der Waals surface area contributed by atoms with Gasteiger partial charge in [0.25, 0.3) is 5.91 Å². The van der Waals surface area contributed by atoms with Gasteiger partial charge in [-0.15, -0.1) is 0 Å². The minimum atomic E-state index is -0.702. The smallest absolute Gasteiger partial charge is 0.317 e. The van der Waals surface area contributed by atoms with Crippen molar-refractivity contribution in [1.82, 2.24) is 0 Å². The fourth-order valence-corrected chi connectivity index (χ4v) is 3.86. The van der Waals surface area contributed by atoms with Crippen molar-refractivity contribution in [3.8, 4) is 5.75 Å². The number of rotatable bonds is 6. The number of anilines is 1. The van der Waals surface area contributed by atoms with Crippen LogP contribution >= 0.6 is 11.6 Å². The number of esters is 1. The van der Waals surface area contributed by atoms with Gasteiger partial charge in [-0.1, -0.05) is 42.6 Å². The Bertz CT molecular complexity index is 857. The van der Waals surface area contributed by atoms with Crippen molar-refractivity contribution in [3.63, 3.8) is 0 Å². The van der Waals surface area contributed by atoms with Crippen LogP contribution < -0.4 is 10.1 Å². The van der Waals surface area contributed by atoms with Gasteiger partial charge in [0, 0.05) is 5.02 Å². The monoisotopic (exact) mass is 401 g/mol. The van der Waals surface area contributed by atoms with Crippen molar-refractivity contribution < 1.29 is 19.1 Å². The molecule has 1 amide bonds. The second kappa shape index (κ2) is 8.65. The molecule has 0 radical (unpaired) electrons. The van der Waals surface area contributed by atoms with E-state index in [9.17, 15) is 9.59 Å². The normalized spacial score (nSPS) is 15.1. The molecular weight excluding hydrogens is 378 g/mol. The van der Waals surface area contributed by atoms with Crippen LogP contribution in [0.15, 0.2) is 42.5 Å². The second-order valence-corrected chi connectivity index (χ2v) is 7.56. The average molecular weight is 402 g/mol. The van der Waals surface area contributed by atoms with Gasteiger partial charge in [-0.25, -0.2) is 0 Å².